The van der Waals surface area contributed by atoms with Gasteiger partial charge >= 0.3 is 17.9 Å². The zero-order valence-corrected chi connectivity index (χ0v) is 29.0. The smallest absolute Gasteiger partial charge is 0.343 e. The van der Waals surface area contributed by atoms with Crippen LogP contribution < -0.4 is 9.47 Å². The second-order valence-electron chi connectivity index (χ2n) is 12.3. The maximum absolute atomic E-state index is 12.6. The van der Waals surface area contributed by atoms with E-state index in [-0.39, 0.29) is 19.8 Å². The molecule has 2 heterocycles. The molecule has 2 saturated heterocycles. The van der Waals surface area contributed by atoms with E-state index in [0.717, 1.165) is 28.3 Å². The van der Waals surface area contributed by atoms with Gasteiger partial charge in [0.1, 0.15) is 36.4 Å². The normalized spacial score (nSPS) is 19.0. The van der Waals surface area contributed by atoms with Crippen LogP contribution in [0.3, 0.4) is 0 Å². The molecular weight excluding hydrogens is 680 g/mol. The molecule has 0 saturated carbocycles. The molecule has 4 atom stereocenters. The van der Waals surface area contributed by atoms with Gasteiger partial charge in [0, 0.05) is 12.2 Å². The lowest BCUT2D eigenvalue weighted by atomic mass is 10.0. The number of hydrogen-bond acceptors (Lipinski definition) is 11. The predicted molar refractivity (Wildman–Crippen MR) is 194 cm³/mol. The third-order valence-electron chi connectivity index (χ3n) is 8.52. The van der Waals surface area contributed by atoms with Crippen LogP contribution in [0, 0.1) is 0 Å². The van der Waals surface area contributed by atoms with E-state index in [1.54, 1.807) is 54.6 Å². The first kappa shape index (κ1) is 37.2. The maximum Gasteiger partial charge on any atom is 0.343 e. The average molecular weight is 721 g/mol. The zero-order chi connectivity index (χ0) is 36.8. The van der Waals surface area contributed by atoms with Crippen LogP contribution in [0.15, 0.2) is 122 Å². The van der Waals surface area contributed by atoms with Crippen molar-refractivity contribution < 1.29 is 52.6 Å². The van der Waals surface area contributed by atoms with Crippen molar-refractivity contribution >= 4 is 24.0 Å². The van der Waals surface area contributed by atoms with Gasteiger partial charge < -0.3 is 28.4 Å². The zero-order valence-electron chi connectivity index (χ0n) is 29.0. The Kier molecular flexibility index (Phi) is 13.2. The lowest BCUT2D eigenvalue weighted by Crippen LogP contribution is -2.34. The van der Waals surface area contributed by atoms with Gasteiger partial charge in [-0.1, -0.05) is 73.3 Å². The number of benzene rings is 4. The Labute approximate surface area is 307 Å². The SMILES string of the molecule is C=CC(=O)OCCCCOc1ccc(C(=O)Oc2ccc(COOC3CO[C@H]4[C@@H]3OC[C@H]4OC(=O)/C=C/c3ccc(-c4ccccc4)cc3)cc2)cc1. The van der Waals surface area contributed by atoms with Crippen molar-refractivity contribution in [3.8, 4) is 22.6 Å². The minimum absolute atomic E-state index is 0.138. The number of rotatable bonds is 17. The maximum atomic E-state index is 12.6. The van der Waals surface area contributed by atoms with Gasteiger partial charge in [0.25, 0.3) is 0 Å². The number of hydrogen-bond donors (Lipinski definition) is 0. The molecule has 2 aliphatic heterocycles. The summed E-state index contributed by atoms with van der Waals surface area (Å²) in [5.74, 6) is -0.443. The highest BCUT2D eigenvalue weighted by molar-refractivity contribution is 5.91. The second-order valence-corrected chi connectivity index (χ2v) is 12.3. The van der Waals surface area contributed by atoms with E-state index in [1.807, 2.05) is 54.6 Å². The molecule has 11 nitrogen and oxygen atoms in total. The summed E-state index contributed by atoms with van der Waals surface area (Å²) in [6.45, 7) is 4.66. The summed E-state index contributed by atoms with van der Waals surface area (Å²) >= 11 is 0. The molecule has 11 heteroatoms. The molecule has 6 rings (SSSR count). The summed E-state index contributed by atoms with van der Waals surface area (Å²) in [6.07, 6.45) is 3.66. The lowest BCUT2D eigenvalue weighted by molar-refractivity contribution is -0.341. The van der Waals surface area contributed by atoms with Gasteiger partial charge in [-0.05, 0) is 77.6 Å². The van der Waals surface area contributed by atoms with Crippen molar-refractivity contribution in [2.24, 2.45) is 0 Å². The standard InChI is InChI=1S/C42H40O11/c1-2-38(43)47-25-7-6-24-46-34-21-17-33(18-22-34)42(45)51-35-19-12-30(13-20-35)26-50-53-37-28-49-40-36(27-48-41(37)40)52-39(44)23-14-29-10-15-32(16-11-29)31-8-4-3-5-9-31/h2-5,8-23,36-37,40-41H,1,6-7,24-28H2/b23-14+/t36-,37?,40-,41-/m1/s1. The van der Waals surface area contributed by atoms with Gasteiger partial charge in [0.15, 0.2) is 6.10 Å². The molecule has 4 aromatic carbocycles. The molecule has 0 amide bonds. The van der Waals surface area contributed by atoms with Crippen LogP contribution in [0.25, 0.3) is 17.2 Å². The molecule has 1 unspecified atom stereocenters. The molecule has 2 fully saturated rings. The first-order valence-corrected chi connectivity index (χ1v) is 17.3. The fourth-order valence-electron chi connectivity index (χ4n) is 5.70. The predicted octanol–water partition coefficient (Wildman–Crippen LogP) is 6.70. The third kappa shape index (κ3) is 10.7. The van der Waals surface area contributed by atoms with Crippen molar-refractivity contribution in [2.45, 2.75) is 43.9 Å². The summed E-state index contributed by atoms with van der Waals surface area (Å²) in [5.41, 5.74) is 4.27. The first-order chi connectivity index (χ1) is 25.9. The van der Waals surface area contributed by atoms with Crippen molar-refractivity contribution in [2.75, 3.05) is 26.4 Å². The Morgan fingerprint density at radius 2 is 1.38 bits per heavy atom. The molecule has 53 heavy (non-hydrogen) atoms. The summed E-state index contributed by atoms with van der Waals surface area (Å²) < 4.78 is 33.5. The topological polar surface area (TPSA) is 125 Å². The average Bonchev–Trinajstić information content (AvgIpc) is 3.79. The van der Waals surface area contributed by atoms with E-state index >= 15 is 0 Å². The number of carbonyl (C=O) groups excluding carboxylic acids is 3. The number of unbranched alkanes of at least 4 members (excludes halogenated alkanes) is 1. The molecule has 2 aliphatic rings. The summed E-state index contributed by atoms with van der Waals surface area (Å²) in [6, 6.07) is 31.5. The van der Waals surface area contributed by atoms with E-state index in [4.69, 9.17) is 38.2 Å². The Balaban J connectivity index is 0.872. The molecule has 4 aromatic rings. The van der Waals surface area contributed by atoms with Crippen LogP contribution >= 0.6 is 0 Å². The molecule has 0 bridgehead atoms. The van der Waals surface area contributed by atoms with Crippen LogP contribution in [-0.2, 0) is 44.9 Å². The summed E-state index contributed by atoms with van der Waals surface area (Å²) in [7, 11) is 0. The van der Waals surface area contributed by atoms with E-state index in [1.165, 1.54) is 6.08 Å². The van der Waals surface area contributed by atoms with E-state index in [9.17, 15) is 14.4 Å². The third-order valence-corrected chi connectivity index (χ3v) is 8.52. The number of ether oxygens (including phenoxy) is 6. The van der Waals surface area contributed by atoms with Crippen LogP contribution in [-0.4, -0.2) is 68.8 Å². The van der Waals surface area contributed by atoms with Gasteiger partial charge in [-0.3, -0.25) is 0 Å². The monoisotopic (exact) mass is 720 g/mol. The summed E-state index contributed by atoms with van der Waals surface area (Å²) in [4.78, 5) is 47.4. The second kappa shape index (κ2) is 18.8. The van der Waals surface area contributed by atoms with Crippen molar-refractivity contribution in [1.82, 2.24) is 0 Å². The van der Waals surface area contributed by atoms with Gasteiger partial charge in [0.2, 0.25) is 0 Å². The van der Waals surface area contributed by atoms with E-state index in [0.29, 0.717) is 43.1 Å². The molecular formula is C42H40O11. The van der Waals surface area contributed by atoms with Crippen LogP contribution in [0.2, 0.25) is 0 Å². The van der Waals surface area contributed by atoms with Crippen molar-refractivity contribution in [1.29, 1.82) is 0 Å². The minimum atomic E-state index is -0.564. The fourth-order valence-corrected chi connectivity index (χ4v) is 5.70. The van der Waals surface area contributed by atoms with Gasteiger partial charge in [-0.15, -0.1) is 0 Å². The van der Waals surface area contributed by atoms with Gasteiger partial charge in [0.05, 0.1) is 32.0 Å². The highest BCUT2D eigenvalue weighted by atomic mass is 17.2. The molecule has 274 valence electrons. The van der Waals surface area contributed by atoms with Crippen molar-refractivity contribution in [3.05, 3.63) is 139 Å². The van der Waals surface area contributed by atoms with Gasteiger partial charge in [-0.2, -0.15) is 0 Å². The number of esters is 3. The van der Waals surface area contributed by atoms with Crippen LogP contribution in [0.1, 0.15) is 34.3 Å². The minimum Gasteiger partial charge on any atom is -0.494 e. The van der Waals surface area contributed by atoms with Gasteiger partial charge in [-0.25, -0.2) is 24.2 Å². The molecule has 0 N–H and O–H groups in total. The van der Waals surface area contributed by atoms with E-state index < -0.39 is 42.3 Å². The first-order valence-electron chi connectivity index (χ1n) is 17.3. The van der Waals surface area contributed by atoms with Crippen molar-refractivity contribution in [3.63, 3.8) is 0 Å². The Morgan fingerprint density at radius 3 is 2.11 bits per heavy atom. The quantitative estimate of drug-likeness (QED) is 0.0289. The Hall–Kier alpha value is -5.59. The number of fused-ring (bicyclic) bond motifs is 1. The highest BCUT2D eigenvalue weighted by Crippen LogP contribution is 2.31. The molecule has 0 aliphatic carbocycles. The highest BCUT2D eigenvalue weighted by Gasteiger charge is 2.50. The molecule has 0 aromatic heterocycles. The van der Waals surface area contributed by atoms with E-state index in [2.05, 4.69) is 6.58 Å². The number of carbonyl (C=O) groups is 3. The molecule has 0 spiro atoms. The van der Waals surface area contributed by atoms with Crippen LogP contribution in [0.5, 0.6) is 11.5 Å². The molecule has 0 radical (unpaired) electrons. The largest absolute Gasteiger partial charge is 0.494 e. The Bertz CT molecular complexity index is 1840. The fraction of sp³-hybridized carbons (Fsp3) is 0.262. The Morgan fingerprint density at radius 1 is 0.717 bits per heavy atom. The van der Waals surface area contributed by atoms with Crippen LogP contribution in [0.4, 0.5) is 0 Å². The lowest BCUT2D eigenvalue weighted by Gasteiger charge is -2.16. The summed E-state index contributed by atoms with van der Waals surface area (Å²) in [5, 5.41) is 0.